The molecule has 0 atom stereocenters. The number of primary amides is 1. The van der Waals surface area contributed by atoms with Crippen LogP contribution in [0.5, 0.6) is 0 Å². The SMILES string of the molecule is Cc1cc(C)n(-c2nc(SCC(N)=O)c(C#N)c3c2CCCC3)n1. The molecule has 0 bridgehead atoms. The normalized spacial score (nSPS) is 13.4. The number of nitrogens with zero attached hydrogens (tertiary/aromatic N) is 4. The van der Waals surface area contributed by atoms with Crippen molar-refractivity contribution in [2.45, 2.75) is 44.6 Å². The molecular formula is C17H19N5OS. The molecule has 0 saturated carbocycles. The van der Waals surface area contributed by atoms with Gasteiger partial charge in [0.2, 0.25) is 5.91 Å². The van der Waals surface area contributed by atoms with E-state index in [0.29, 0.717) is 10.6 Å². The first-order valence-electron chi connectivity index (χ1n) is 7.92. The van der Waals surface area contributed by atoms with Gasteiger partial charge in [0.1, 0.15) is 11.1 Å². The first kappa shape index (κ1) is 16.5. The highest BCUT2D eigenvalue weighted by atomic mass is 32.2. The number of pyridine rings is 1. The van der Waals surface area contributed by atoms with Crippen LogP contribution >= 0.6 is 11.8 Å². The molecule has 6 nitrogen and oxygen atoms in total. The number of rotatable bonds is 4. The van der Waals surface area contributed by atoms with Crippen LogP contribution < -0.4 is 5.73 Å². The molecule has 0 fully saturated rings. The van der Waals surface area contributed by atoms with Gasteiger partial charge in [0.15, 0.2) is 5.82 Å². The Balaban J connectivity index is 2.21. The average molecular weight is 341 g/mol. The number of aromatic nitrogens is 3. The minimum absolute atomic E-state index is 0.108. The molecule has 2 N–H and O–H groups in total. The minimum Gasteiger partial charge on any atom is -0.369 e. The molecule has 0 saturated heterocycles. The van der Waals surface area contributed by atoms with Gasteiger partial charge in [0.25, 0.3) is 0 Å². The lowest BCUT2D eigenvalue weighted by Gasteiger charge is -2.22. The lowest BCUT2D eigenvalue weighted by molar-refractivity contribution is -0.115. The Morgan fingerprint density at radius 1 is 1.38 bits per heavy atom. The predicted molar refractivity (Wildman–Crippen MR) is 92.1 cm³/mol. The van der Waals surface area contributed by atoms with Gasteiger partial charge in [0.05, 0.1) is 17.0 Å². The summed E-state index contributed by atoms with van der Waals surface area (Å²) in [5.74, 6) is 0.467. The zero-order valence-corrected chi connectivity index (χ0v) is 14.6. The van der Waals surface area contributed by atoms with Crippen molar-refractivity contribution in [3.63, 3.8) is 0 Å². The van der Waals surface area contributed by atoms with Gasteiger partial charge >= 0.3 is 0 Å². The van der Waals surface area contributed by atoms with E-state index in [9.17, 15) is 10.1 Å². The number of hydrogen-bond donors (Lipinski definition) is 1. The van der Waals surface area contributed by atoms with Crippen molar-refractivity contribution < 1.29 is 4.79 Å². The van der Waals surface area contributed by atoms with Crippen molar-refractivity contribution in [3.8, 4) is 11.9 Å². The summed E-state index contributed by atoms with van der Waals surface area (Å²) in [5, 5.41) is 14.7. The molecule has 1 amide bonds. The summed E-state index contributed by atoms with van der Waals surface area (Å²) in [7, 11) is 0. The summed E-state index contributed by atoms with van der Waals surface area (Å²) in [5.41, 5.74) is 9.92. The molecular weight excluding hydrogens is 322 g/mol. The van der Waals surface area contributed by atoms with Gasteiger partial charge in [0, 0.05) is 11.3 Å². The smallest absolute Gasteiger partial charge is 0.227 e. The van der Waals surface area contributed by atoms with Gasteiger partial charge < -0.3 is 5.73 Å². The fourth-order valence-corrected chi connectivity index (χ4v) is 3.90. The molecule has 0 aliphatic heterocycles. The molecule has 2 aromatic rings. The third-order valence-corrected chi connectivity index (χ3v) is 5.13. The maximum Gasteiger partial charge on any atom is 0.227 e. The number of amides is 1. The van der Waals surface area contributed by atoms with Crippen LogP contribution in [0.3, 0.4) is 0 Å². The zero-order valence-electron chi connectivity index (χ0n) is 13.8. The zero-order chi connectivity index (χ0) is 17.3. The van der Waals surface area contributed by atoms with E-state index in [1.165, 1.54) is 11.8 Å². The lowest BCUT2D eigenvalue weighted by atomic mass is 9.89. The fraction of sp³-hybridized carbons (Fsp3) is 0.412. The van der Waals surface area contributed by atoms with E-state index in [1.807, 2.05) is 24.6 Å². The Kier molecular flexibility index (Phi) is 4.58. The molecule has 1 aliphatic carbocycles. The van der Waals surface area contributed by atoms with E-state index in [4.69, 9.17) is 10.7 Å². The van der Waals surface area contributed by atoms with Crippen LogP contribution in [-0.4, -0.2) is 26.4 Å². The summed E-state index contributed by atoms with van der Waals surface area (Å²) >= 11 is 1.22. The van der Waals surface area contributed by atoms with E-state index in [0.717, 1.165) is 54.0 Å². The number of nitriles is 1. The molecule has 2 aromatic heterocycles. The van der Waals surface area contributed by atoms with Crippen molar-refractivity contribution in [1.82, 2.24) is 14.8 Å². The van der Waals surface area contributed by atoms with E-state index in [2.05, 4.69) is 11.2 Å². The molecule has 3 rings (SSSR count). The average Bonchev–Trinajstić information content (AvgIpc) is 2.90. The summed E-state index contributed by atoms with van der Waals surface area (Å²) in [6.45, 7) is 3.94. The third-order valence-electron chi connectivity index (χ3n) is 4.13. The van der Waals surface area contributed by atoms with Gasteiger partial charge in [-0.1, -0.05) is 11.8 Å². The quantitative estimate of drug-likeness (QED) is 0.860. The van der Waals surface area contributed by atoms with Crippen LogP contribution in [0.4, 0.5) is 0 Å². The number of carbonyl (C=O) groups excluding carboxylic acids is 1. The molecule has 0 aromatic carbocycles. The summed E-state index contributed by atoms with van der Waals surface area (Å²) in [4.78, 5) is 15.9. The Hall–Kier alpha value is -2.33. The van der Waals surface area contributed by atoms with Crippen molar-refractivity contribution in [1.29, 1.82) is 5.26 Å². The number of hydrogen-bond acceptors (Lipinski definition) is 5. The topological polar surface area (TPSA) is 97.6 Å². The third kappa shape index (κ3) is 3.02. The van der Waals surface area contributed by atoms with E-state index < -0.39 is 5.91 Å². The standard InChI is InChI=1S/C17H19N5OS/c1-10-7-11(2)22(21-10)16-13-6-4-3-5-12(13)14(8-18)17(20-16)24-9-15(19)23/h7H,3-6,9H2,1-2H3,(H2,19,23). The van der Waals surface area contributed by atoms with Crippen LogP contribution in [-0.2, 0) is 17.6 Å². The molecule has 1 aliphatic rings. The Morgan fingerprint density at radius 2 is 2.08 bits per heavy atom. The second-order valence-corrected chi connectivity index (χ2v) is 6.95. The molecule has 0 spiro atoms. The molecule has 2 heterocycles. The molecule has 0 unspecified atom stereocenters. The van der Waals surface area contributed by atoms with E-state index in [1.54, 1.807) is 0 Å². The predicted octanol–water partition coefficient (Wildman–Crippen LogP) is 2.21. The second-order valence-electron chi connectivity index (χ2n) is 5.99. The number of fused-ring (bicyclic) bond motifs is 1. The highest BCUT2D eigenvalue weighted by Crippen LogP contribution is 2.34. The fourth-order valence-electron chi connectivity index (χ4n) is 3.15. The van der Waals surface area contributed by atoms with Crippen molar-refractivity contribution in [2.75, 3.05) is 5.75 Å². The first-order chi connectivity index (χ1) is 11.5. The minimum atomic E-state index is -0.420. The summed E-state index contributed by atoms with van der Waals surface area (Å²) in [6, 6.07) is 4.29. The van der Waals surface area contributed by atoms with Crippen molar-refractivity contribution in [3.05, 3.63) is 34.1 Å². The molecule has 24 heavy (non-hydrogen) atoms. The van der Waals surface area contributed by atoms with Gasteiger partial charge in [-0.25, -0.2) is 9.67 Å². The number of thioether (sulfide) groups is 1. The molecule has 7 heteroatoms. The number of nitrogens with two attached hydrogens (primary N) is 1. The number of carbonyl (C=O) groups is 1. The van der Waals surface area contributed by atoms with Crippen LogP contribution in [0.2, 0.25) is 0 Å². The monoisotopic (exact) mass is 341 g/mol. The van der Waals surface area contributed by atoms with Gasteiger partial charge in [-0.15, -0.1) is 0 Å². The maximum atomic E-state index is 11.1. The molecule has 124 valence electrons. The largest absolute Gasteiger partial charge is 0.369 e. The van der Waals surface area contributed by atoms with E-state index >= 15 is 0 Å². The first-order valence-corrected chi connectivity index (χ1v) is 8.90. The highest BCUT2D eigenvalue weighted by molar-refractivity contribution is 8.00. The van der Waals surface area contributed by atoms with E-state index in [-0.39, 0.29) is 5.75 Å². The van der Waals surface area contributed by atoms with Gasteiger partial charge in [-0.3, -0.25) is 4.79 Å². The Bertz CT molecular complexity index is 850. The van der Waals surface area contributed by atoms with Crippen LogP contribution in [0.25, 0.3) is 5.82 Å². The Morgan fingerprint density at radius 3 is 2.67 bits per heavy atom. The maximum absolute atomic E-state index is 11.1. The summed E-state index contributed by atoms with van der Waals surface area (Å²) < 4.78 is 1.84. The second kappa shape index (κ2) is 6.65. The van der Waals surface area contributed by atoms with Crippen LogP contribution in [0.15, 0.2) is 11.1 Å². The highest BCUT2D eigenvalue weighted by Gasteiger charge is 2.24. The molecule has 0 radical (unpaired) electrons. The van der Waals surface area contributed by atoms with Crippen molar-refractivity contribution in [2.24, 2.45) is 5.73 Å². The summed E-state index contributed by atoms with van der Waals surface area (Å²) in [6.07, 6.45) is 3.89. The van der Waals surface area contributed by atoms with Crippen LogP contribution in [0, 0.1) is 25.2 Å². The van der Waals surface area contributed by atoms with Crippen molar-refractivity contribution >= 4 is 17.7 Å². The lowest BCUT2D eigenvalue weighted by Crippen LogP contribution is -2.17. The van der Waals surface area contributed by atoms with Gasteiger partial charge in [-0.05, 0) is 51.2 Å². The Labute approximate surface area is 145 Å². The number of aryl methyl sites for hydroxylation is 2. The van der Waals surface area contributed by atoms with Crippen LogP contribution in [0.1, 0.15) is 40.9 Å². The van der Waals surface area contributed by atoms with Gasteiger partial charge in [-0.2, -0.15) is 10.4 Å².